The molecule has 0 saturated carbocycles. The fourth-order valence-corrected chi connectivity index (χ4v) is 2.70. The molecule has 0 spiro atoms. The smallest absolute Gasteiger partial charge is 0.315 e. The van der Waals surface area contributed by atoms with E-state index in [4.69, 9.17) is 0 Å². The second-order valence-electron chi connectivity index (χ2n) is 6.95. The van der Waals surface area contributed by atoms with Crippen LogP contribution in [0.3, 0.4) is 0 Å². The maximum atomic E-state index is 14.0. The van der Waals surface area contributed by atoms with Crippen molar-refractivity contribution >= 4 is 23.2 Å². The Morgan fingerprint density at radius 2 is 1.88 bits per heavy atom. The van der Waals surface area contributed by atoms with Gasteiger partial charge in [0.1, 0.15) is 11.6 Å². The van der Waals surface area contributed by atoms with Gasteiger partial charge >= 0.3 is 11.8 Å². The van der Waals surface area contributed by atoms with Crippen LogP contribution < -0.4 is 10.2 Å². The summed E-state index contributed by atoms with van der Waals surface area (Å²) in [6.07, 6.45) is 3.43. The normalized spacial score (nSPS) is 13.5. The molecule has 1 N–H and O–H groups in total. The van der Waals surface area contributed by atoms with Crippen molar-refractivity contribution in [2.75, 3.05) is 16.8 Å². The molecule has 0 atom stereocenters. The summed E-state index contributed by atoms with van der Waals surface area (Å²) in [4.78, 5) is 34.2. The number of para-hydroxylation sites is 1. The van der Waals surface area contributed by atoms with Gasteiger partial charge in [0.15, 0.2) is 0 Å². The Hall–Kier alpha value is -2.83. The van der Waals surface area contributed by atoms with E-state index in [1.54, 1.807) is 12.1 Å². The average Bonchev–Trinajstić information content (AvgIpc) is 2.99. The van der Waals surface area contributed by atoms with Gasteiger partial charge in [0, 0.05) is 12.0 Å². The molecule has 0 fully saturated rings. The molecule has 0 unspecified atom stereocenters. The monoisotopic (exact) mass is 342 g/mol. The van der Waals surface area contributed by atoms with E-state index in [0.29, 0.717) is 17.9 Å². The zero-order chi connectivity index (χ0) is 18.2. The molecule has 1 aromatic heterocycles. The van der Waals surface area contributed by atoms with Crippen LogP contribution in [0.25, 0.3) is 0 Å². The first-order chi connectivity index (χ1) is 11.8. The van der Waals surface area contributed by atoms with E-state index in [1.165, 1.54) is 23.4 Å². The Labute approximate surface area is 145 Å². The third-order valence-electron chi connectivity index (χ3n) is 3.96. The molecule has 3 rings (SSSR count). The van der Waals surface area contributed by atoms with Gasteiger partial charge in [-0.1, -0.05) is 32.9 Å². The van der Waals surface area contributed by atoms with Crippen LogP contribution in [-0.4, -0.2) is 28.3 Å². The van der Waals surface area contributed by atoms with Crippen LogP contribution >= 0.6 is 0 Å². The fraction of sp³-hybridized carbons (Fsp3) is 0.333. The maximum absolute atomic E-state index is 14.0. The lowest BCUT2D eigenvalue weighted by Gasteiger charge is -2.18. The van der Waals surface area contributed by atoms with Crippen molar-refractivity contribution in [3.63, 3.8) is 0 Å². The van der Waals surface area contributed by atoms with Crippen LogP contribution in [0.15, 0.2) is 30.6 Å². The molecule has 0 saturated heterocycles. The van der Waals surface area contributed by atoms with Crippen molar-refractivity contribution in [1.29, 1.82) is 0 Å². The second kappa shape index (κ2) is 6.23. The molecule has 6 nitrogen and oxygen atoms in total. The van der Waals surface area contributed by atoms with Crippen molar-refractivity contribution in [2.45, 2.75) is 32.6 Å². The van der Waals surface area contributed by atoms with Gasteiger partial charge in [-0.25, -0.2) is 14.4 Å². The van der Waals surface area contributed by atoms with Crippen molar-refractivity contribution in [3.8, 4) is 0 Å². The van der Waals surface area contributed by atoms with E-state index in [1.807, 2.05) is 20.8 Å². The number of halogens is 1. The molecule has 1 aliphatic rings. The SMILES string of the molecule is CC(C)(C)c1ncc(NC(=O)C(=O)N2CCc3cccc(F)c32)cn1. The highest BCUT2D eigenvalue weighted by Crippen LogP contribution is 2.30. The average molecular weight is 342 g/mol. The fourth-order valence-electron chi connectivity index (χ4n) is 2.70. The van der Waals surface area contributed by atoms with Crippen LogP contribution in [0.5, 0.6) is 0 Å². The van der Waals surface area contributed by atoms with Crippen LogP contribution in [0.1, 0.15) is 32.2 Å². The lowest BCUT2D eigenvalue weighted by Crippen LogP contribution is -2.39. The van der Waals surface area contributed by atoms with Gasteiger partial charge in [-0.15, -0.1) is 0 Å². The number of anilines is 2. The topological polar surface area (TPSA) is 75.2 Å². The van der Waals surface area contributed by atoms with Crippen LogP contribution in [0, 0.1) is 5.82 Å². The number of fused-ring (bicyclic) bond motifs is 1. The van der Waals surface area contributed by atoms with E-state index in [9.17, 15) is 14.0 Å². The van der Waals surface area contributed by atoms with E-state index in [0.717, 1.165) is 5.56 Å². The third kappa shape index (κ3) is 3.35. The minimum atomic E-state index is -0.844. The number of carbonyl (C=O) groups excluding carboxylic acids is 2. The number of carbonyl (C=O) groups is 2. The number of amides is 2. The second-order valence-corrected chi connectivity index (χ2v) is 6.95. The molecule has 2 aromatic rings. The summed E-state index contributed by atoms with van der Waals surface area (Å²) in [5, 5.41) is 2.47. The molecular formula is C18H19FN4O2. The van der Waals surface area contributed by atoms with Gasteiger partial charge in [0.25, 0.3) is 0 Å². The summed E-state index contributed by atoms with van der Waals surface area (Å²) in [6, 6.07) is 4.63. The molecule has 1 aromatic carbocycles. The minimum Gasteiger partial charge on any atom is -0.315 e. The molecule has 0 aliphatic carbocycles. The Morgan fingerprint density at radius 1 is 1.20 bits per heavy atom. The Morgan fingerprint density at radius 3 is 2.52 bits per heavy atom. The minimum absolute atomic E-state index is 0.182. The van der Waals surface area contributed by atoms with Gasteiger partial charge in [-0.2, -0.15) is 0 Å². The largest absolute Gasteiger partial charge is 0.316 e. The van der Waals surface area contributed by atoms with Gasteiger partial charge < -0.3 is 10.2 Å². The highest BCUT2D eigenvalue weighted by Gasteiger charge is 2.31. The van der Waals surface area contributed by atoms with Crippen LogP contribution in [0.2, 0.25) is 0 Å². The summed E-state index contributed by atoms with van der Waals surface area (Å²) in [5.41, 5.74) is 1.01. The molecule has 25 heavy (non-hydrogen) atoms. The molecule has 1 aliphatic heterocycles. The standard InChI is InChI=1S/C18H19FN4O2/c1-18(2,3)17-20-9-12(10-21-17)22-15(24)16(25)23-8-7-11-5-4-6-13(19)14(11)23/h4-6,9-10H,7-8H2,1-3H3,(H,22,24). The first-order valence-corrected chi connectivity index (χ1v) is 8.00. The zero-order valence-electron chi connectivity index (χ0n) is 14.3. The van der Waals surface area contributed by atoms with Crippen molar-refractivity contribution in [1.82, 2.24) is 9.97 Å². The molecule has 2 heterocycles. The Balaban J connectivity index is 1.74. The lowest BCUT2D eigenvalue weighted by molar-refractivity contribution is -0.134. The number of benzene rings is 1. The summed E-state index contributed by atoms with van der Waals surface area (Å²) in [7, 11) is 0. The Kier molecular flexibility index (Phi) is 4.24. The summed E-state index contributed by atoms with van der Waals surface area (Å²) >= 11 is 0. The van der Waals surface area contributed by atoms with E-state index >= 15 is 0 Å². The molecule has 0 bridgehead atoms. The molecule has 7 heteroatoms. The van der Waals surface area contributed by atoms with Gasteiger partial charge in [0.2, 0.25) is 0 Å². The van der Waals surface area contributed by atoms with Crippen LogP contribution in [0.4, 0.5) is 15.8 Å². The van der Waals surface area contributed by atoms with Crippen LogP contribution in [-0.2, 0) is 21.4 Å². The third-order valence-corrected chi connectivity index (χ3v) is 3.96. The number of rotatable bonds is 1. The van der Waals surface area contributed by atoms with Crippen molar-refractivity contribution in [2.24, 2.45) is 0 Å². The first-order valence-electron chi connectivity index (χ1n) is 8.00. The molecular weight excluding hydrogens is 323 g/mol. The number of aromatic nitrogens is 2. The summed E-state index contributed by atoms with van der Waals surface area (Å²) in [5.74, 6) is -1.52. The lowest BCUT2D eigenvalue weighted by atomic mass is 9.96. The first kappa shape index (κ1) is 17.0. The zero-order valence-corrected chi connectivity index (χ0v) is 14.3. The number of nitrogens with one attached hydrogen (secondary N) is 1. The van der Waals surface area contributed by atoms with E-state index in [-0.39, 0.29) is 17.6 Å². The van der Waals surface area contributed by atoms with Crippen molar-refractivity contribution in [3.05, 3.63) is 47.8 Å². The van der Waals surface area contributed by atoms with Gasteiger partial charge in [-0.3, -0.25) is 9.59 Å². The maximum Gasteiger partial charge on any atom is 0.316 e. The summed E-state index contributed by atoms with van der Waals surface area (Å²) < 4.78 is 14.0. The van der Waals surface area contributed by atoms with Gasteiger partial charge in [0.05, 0.1) is 23.8 Å². The van der Waals surface area contributed by atoms with Crippen molar-refractivity contribution < 1.29 is 14.0 Å². The molecule has 0 radical (unpaired) electrons. The molecule has 2 amide bonds. The van der Waals surface area contributed by atoms with E-state index < -0.39 is 17.6 Å². The van der Waals surface area contributed by atoms with Gasteiger partial charge in [-0.05, 0) is 18.1 Å². The Bertz CT molecular complexity index is 828. The summed E-state index contributed by atoms with van der Waals surface area (Å²) in [6.45, 7) is 6.21. The predicted octanol–water partition coefficient (Wildman–Crippen LogP) is 2.44. The quantitative estimate of drug-likeness (QED) is 0.808. The highest BCUT2D eigenvalue weighted by molar-refractivity contribution is 6.44. The number of hydrogen-bond acceptors (Lipinski definition) is 4. The van der Waals surface area contributed by atoms with E-state index in [2.05, 4.69) is 15.3 Å². The predicted molar refractivity (Wildman–Crippen MR) is 91.8 cm³/mol. The highest BCUT2D eigenvalue weighted by atomic mass is 19.1. The molecule has 130 valence electrons. The number of hydrogen-bond donors (Lipinski definition) is 1. The number of nitrogens with zero attached hydrogens (tertiary/aromatic N) is 3.